The van der Waals surface area contributed by atoms with Crippen LogP contribution in [0.25, 0.3) is 0 Å². The zero-order valence-corrected chi connectivity index (χ0v) is 12.4. The van der Waals surface area contributed by atoms with Gasteiger partial charge in [-0.25, -0.2) is 13.1 Å². The van der Waals surface area contributed by atoms with E-state index in [2.05, 4.69) is 0 Å². The Morgan fingerprint density at radius 3 is 2.55 bits per heavy atom. The molecule has 1 aromatic rings. The molecule has 0 atom stereocenters. The van der Waals surface area contributed by atoms with Crippen LogP contribution in [0, 0.1) is 6.92 Å². The first-order valence-corrected chi connectivity index (χ1v) is 7.85. The molecule has 0 unspecified atom stereocenters. The second-order valence-electron chi connectivity index (χ2n) is 4.31. The summed E-state index contributed by atoms with van der Waals surface area (Å²) in [7, 11) is -3.83. The summed E-state index contributed by atoms with van der Waals surface area (Å²) in [5, 5.41) is 0. The molecule has 0 aliphatic rings. The molecule has 0 aliphatic heterocycles. The van der Waals surface area contributed by atoms with Gasteiger partial charge in [-0.2, -0.15) is 0 Å². The van der Waals surface area contributed by atoms with E-state index in [-0.39, 0.29) is 4.90 Å². The molecule has 5 nitrogen and oxygen atoms in total. The summed E-state index contributed by atoms with van der Waals surface area (Å²) in [4.78, 5) is 11.5. The van der Waals surface area contributed by atoms with Gasteiger partial charge in [-0.3, -0.25) is 4.79 Å². The molecule has 0 aromatic heterocycles. The van der Waals surface area contributed by atoms with E-state index in [0.29, 0.717) is 6.61 Å². The molecule has 1 N–H and O–H groups in total. The van der Waals surface area contributed by atoms with Gasteiger partial charge >= 0.3 is 0 Å². The third-order valence-electron chi connectivity index (χ3n) is 2.50. The smallest absolute Gasteiger partial charge is 0.264 e. The lowest BCUT2D eigenvalue weighted by molar-refractivity contribution is -0.114. The second-order valence-corrected chi connectivity index (χ2v) is 5.99. The zero-order chi connectivity index (χ0) is 15.0. The lowest BCUT2D eigenvalue weighted by atomic mass is 10.2. The largest absolute Gasteiger partial charge is 0.501 e. The Hall–Kier alpha value is -1.82. The Balaban J connectivity index is 2.58. The first-order chi connectivity index (χ1) is 9.45. The average molecular weight is 297 g/mol. The van der Waals surface area contributed by atoms with Crippen molar-refractivity contribution < 1.29 is 17.9 Å². The molecule has 1 rings (SSSR count). The minimum atomic E-state index is -3.83. The van der Waals surface area contributed by atoms with Crippen LogP contribution in [-0.4, -0.2) is 20.9 Å². The predicted octanol–water partition coefficient (Wildman–Crippen LogP) is 2.13. The van der Waals surface area contributed by atoms with Gasteiger partial charge in [-0.05, 0) is 25.5 Å². The van der Waals surface area contributed by atoms with Gasteiger partial charge in [0.1, 0.15) is 0 Å². The number of ether oxygens (including phenoxy) is 1. The van der Waals surface area contributed by atoms with Gasteiger partial charge in [0.15, 0.2) is 0 Å². The summed E-state index contributed by atoms with van der Waals surface area (Å²) in [6.45, 7) is 4.38. The monoisotopic (exact) mass is 297 g/mol. The van der Waals surface area contributed by atoms with E-state index in [1.165, 1.54) is 18.4 Å². The van der Waals surface area contributed by atoms with Crippen molar-refractivity contribution in [2.45, 2.75) is 31.6 Å². The highest BCUT2D eigenvalue weighted by molar-refractivity contribution is 7.90. The number of sulfonamides is 1. The summed E-state index contributed by atoms with van der Waals surface area (Å²) in [5.41, 5.74) is 0.944. The summed E-state index contributed by atoms with van der Waals surface area (Å²) < 4.78 is 30.8. The van der Waals surface area contributed by atoms with Crippen molar-refractivity contribution in [2.24, 2.45) is 0 Å². The molecule has 0 bridgehead atoms. The molecule has 1 amide bonds. The quantitative estimate of drug-likeness (QED) is 0.475. The van der Waals surface area contributed by atoms with Crippen molar-refractivity contribution in [1.82, 2.24) is 4.72 Å². The maximum atomic E-state index is 11.9. The number of aryl methyl sites for hydroxylation is 1. The van der Waals surface area contributed by atoms with Crippen molar-refractivity contribution in [3.05, 3.63) is 42.2 Å². The van der Waals surface area contributed by atoms with Crippen LogP contribution in [0.5, 0.6) is 0 Å². The van der Waals surface area contributed by atoms with Gasteiger partial charge < -0.3 is 4.74 Å². The fourth-order valence-electron chi connectivity index (χ4n) is 1.35. The highest BCUT2D eigenvalue weighted by Crippen LogP contribution is 2.09. The molecule has 1 aromatic carbocycles. The Labute approximate surface area is 119 Å². The number of hydrogen-bond donors (Lipinski definition) is 1. The molecular weight excluding hydrogens is 278 g/mol. The standard InChI is InChI=1S/C14H19NO4S/c1-3-4-10-19-11-9-14(16)15-20(17,18)13-7-5-12(2)6-8-13/h5-9,11H,3-4,10H2,1-2H3,(H,15,16)/b11-9+. The van der Waals surface area contributed by atoms with Gasteiger partial charge in [0.25, 0.3) is 15.9 Å². The number of benzene rings is 1. The number of rotatable bonds is 7. The van der Waals surface area contributed by atoms with Crippen molar-refractivity contribution in [2.75, 3.05) is 6.61 Å². The molecule has 0 spiro atoms. The van der Waals surface area contributed by atoms with Crippen molar-refractivity contribution in [1.29, 1.82) is 0 Å². The molecule has 6 heteroatoms. The average Bonchev–Trinajstić information content (AvgIpc) is 2.38. The van der Waals surface area contributed by atoms with E-state index in [1.807, 2.05) is 18.6 Å². The maximum absolute atomic E-state index is 11.9. The van der Waals surface area contributed by atoms with Crippen LogP contribution in [0.3, 0.4) is 0 Å². The number of carbonyl (C=O) groups excluding carboxylic acids is 1. The van der Waals surface area contributed by atoms with Crippen LogP contribution < -0.4 is 4.72 Å². The molecule has 0 fully saturated rings. The van der Waals surface area contributed by atoms with Crippen molar-refractivity contribution in [3.8, 4) is 0 Å². The minimum Gasteiger partial charge on any atom is -0.501 e. The topological polar surface area (TPSA) is 72.5 Å². The van der Waals surface area contributed by atoms with Crippen molar-refractivity contribution >= 4 is 15.9 Å². The first kappa shape index (κ1) is 16.2. The van der Waals surface area contributed by atoms with Crippen LogP contribution in [-0.2, 0) is 19.6 Å². The Morgan fingerprint density at radius 2 is 1.95 bits per heavy atom. The molecule has 0 saturated heterocycles. The highest BCUT2D eigenvalue weighted by atomic mass is 32.2. The fraction of sp³-hybridized carbons (Fsp3) is 0.357. The van der Waals surface area contributed by atoms with E-state index in [4.69, 9.17) is 4.74 Å². The van der Waals surface area contributed by atoms with E-state index in [0.717, 1.165) is 24.5 Å². The fourth-order valence-corrected chi connectivity index (χ4v) is 2.29. The number of amides is 1. The molecule has 0 aliphatic carbocycles. The number of carbonyl (C=O) groups is 1. The minimum absolute atomic E-state index is 0.0525. The molecule has 0 radical (unpaired) electrons. The Kier molecular flexibility index (Phi) is 6.24. The third kappa shape index (κ3) is 5.44. The van der Waals surface area contributed by atoms with Crippen LogP contribution in [0.2, 0.25) is 0 Å². The second kappa shape index (κ2) is 7.69. The maximum Gasteiger partial charge on any atom is 0.264 e. The number of unbranched alkanes of at least 4 members (excludes halogenated alkanes) is 1. The number of nitrogens with one attached hydrogen (secondary N) is 1. The van der Waals surface area contributed by atoms with Crippen LogP contribution in [0.15, 0.2) is 41.5 Å². The molecule has 0 heterocycles. The SMILES string of the molecule is CCCCO/C=C/C(=O)NS(=O)(=O)c1ccc(C)cc1. The normalized spacial score (nSPS) is 11.5. The first-order valence-electron chi connectivity index (χ1n) is 6.37. The van der Waals surface area contributed by atoms with E-state index in [1.54, 1.807) is 12.1 Å². The molecule has 20 heavy (non-hydrogen) atoms. The van der Waals surface area contributed by atoms with E-state index in [9.17, 15) is 13.2 Å². The lowest BCUT2D eigenvalue weighted by Gasteiger charge is -2.05. The van der Waals surface area contributed by atoms with Gasteiger partial charge in [-0.15, -0.1) is 0 Å². The van der Waals surface area contributed by atoms with Crippen LogP contribution in [0.4, 0.5) is 0 Å². The van der Waals surface area contributed by atoms with E-state index >= 15 is 0 Å². The van der Waals surface area contributed by atoms with E-state index < -0.39 is 15.9 Å². The third-order valence-corrected chi connectivity index (χ3v) is 3.86. The van der Waals surface area contributed by atoms with Gasteiger partial charge in [0, 0.05) is 6.08 Å². The highest BCUT2D eigenvalue weighted by Gasteiger charge is 2.15. The lowest BCUT2D eigenvalue weighted by Crippen LogP contribution is -2.29. The van der Waals surface area contributed by atoms with Gasteiger partial charge in [0.05, 0.1) is 17.8 Å². The Morgan fingerprint density at radius 1 is 1.30 bits per heavy atom. The van der Waals surface area contributed by atoms with Crippen molar-refractivity contribution in [3.63, 3.8) is 0 Å². The zero-order valence-electron chi connectivity index (χ0n) is 11.6. The molecule has 0 saturated carbocycles. The summed E-state index contributed by atoms with van der Waals surface area (Å²) >= 11 is 0. The summed E-state index contributed by atoms with van der Waals surface area (Å²) in [6, 6.07) is 6.24. The molecule has 110 valence electrons. The number of hydrogen-bond acceptors (Lipinski definition) is 4. The van der Waals surface area contributed by atoms with Gasteiger partial charge in [-0.1, -0.05) is 31.0 Å². The summed E-state index contributed by atoms with van der Waals surface area (Å²) in [6.07, 6.45) is 4.13. The van der Waals surface area contributed by atoms with Crippen LogP contribution in [0.1, 0.15) is 25.3 Å². The van der Waals surface area contributed by atoms with Crippen LogP contribution >= 0.6 is 0 Å². The summed E-state index contributed by atoms with van der Waals surface area (Å²) in [5.74, 6) is -0.734. The molecular formula is C14H19NO4S. The predicted molar refractivity (Wildman–Crippen MR) is 76.5 cm³/mol. The van der Waals surface area contributed by atoms with Gasteiger partial charge in [0.2, 0.25) is 0 Å². The Bertz CT molecular complexity index is 561.